The SMILES string of the molecule is N#C/C(=C/c1ccc(/C=C(/C#N)c2cccs2)c2ccccc12)c1cccs1. The third kappa shape index (κ3) is 3.52. The van der Waals surface area contributed by atoms with E-state index >= 15 is 0 Å². The van der Waals surface area contributed by atoms with Crippen LogP contribution in [-0.2, 0) is 0 Å². The number of nitrogens with zero attached hydrogens (tertiary/aromatic N) is 2. The summed E-state index contributed by atoms with van der Waals surface area (Å²) in [5.74, 6) is 0. The maximum absolute atomic E-state index is 9.59. The fourth-order valence-corrected chi connectivity index (χ4v) is 4.47. The summed E-state index contributed by atoms with van der Waals surface area (Å²) in [6, 6.07) is 24.6. The minimum absolute atomic E-state index is 0.653. The van der Waals surface area contributed by atoms with E-state index in [1.165, 1.54) is 0 Å². The molecule has 0 aliphatic rings. The van der Waals surface area contributed by atoms with Crippen LogP contribution in [0.2, 0.25) is 0 Å². The van der Waals surface area contributed by atoms with Gasteiger partial charge in [-0.15, -0.1) is 22.7 Å². The first-order chi connectivity index (χ1) is 13.8. The van der Waals surface area contributed by atoms with Gasteiger partial charge in [-0.3, -0.25) is 0 Å². The van der Waals surface area contributed by atoms with E-state index in [2.05, 4.69) is 24.3 Å². The molecule has 0 amide bonds. The Morgan fingerprint density at radius 3 is 1.46 bits per heavy atom. The number of nitriles is 2. The molecule has 0 spiro atoms. The number of allylic oxidation sites excluding steroid dienone is 2. The first-order valence-corrected chi connectivity index (χ1v) is 10.4. The van der Waals surface area contributed by atoms with Gasteiger partial charge in [0.15, 0.2) is 0 Å². The molecule has 0 N–H and O–H groups in total. The fraction of sp³-hybridized carbons (Fsp3) is 0. The zero-order valence-electron chi connectivity index (χ0n) is 14.8. The van der Waals surface area contributed by atoms with Crippen molar-refractivity contribution in [3.05, 3.63) is 92.3 Å². The first kappa shape index (κ1) is 17.9. The lowest BCUT2D eigenvalue weighted by atomic mass is 9.96. The van der Waals surface area contributed by atoms with Gasteiger partial charge in [-0.05, 0) is 56.9 Å². The number of hydrogen-bond donors (Lipinski definition) is 0. The van der Waals surface area contributed by atoms with Crippen LogP contribution >= 0.6 is 22.7 Å². The molecule has 132 valence electrons. The number of hydrogen-bond acceptors (Lipinski definition) is 4. The van der Waals surface area contributed by atoms with Gasteiger partial charge in [0.2, 0.25) is 0 Å². The second kappa shape index (κ2) is 8.06. The van der Waals surface area contributed by atoms with Crippen molar-refractivity contribution in [1.29, 1.82) is 10.5 Å². The summed E-state index contributed by atoms with van der Waals surface area (Å²) in [7, 11) is 0. The predicted molar refractivity (Wildman–Crippen MR) is 120 cm³/mol. The molecule has 0 unspecified atom stereocenters. The zero-order chi connectivity index (χ0) is 19.3. The summed E-state index contributed by atoms with van der Waals surface area (Å²) < 4.78 is 0. The third-order valence-electron chi connectivity index (χ3n) is 4.41. The van der Waals surface area contributed by atoms with E-state index < -0.39 is 0 Å². The quantitative estimate of drug-likeness (QED) is 0.347. The van der Waals surface area contributed by atoms with Crippen LogP contribution in [0, 0.1) is 22.7 Å². The van der Waals surface area contributed by atoms with E-state index in [0.29, 0.717) is 11.1 Å². The Morgan fingerprint density at radius 1 is 0.643 bits per heavy atom. The molecule has 4 heteroatoms. The summed E-state index contributed by atoms with van der Waals surface area (Å²) in [5, 5.41) is 25.2. The Hall–Kier alpha value is -3.44. The highest BCUT2D eigenvalue weighted by Gasteiger charge is 2.08. The predicted octanol–water partition coefficient (Wildman–Crippen LogP) is 7.09. The Bertz CT molecular complexity index is 1160. The zero-order valence-corrected chi connectivity index (χ0v) is 16.4. The van der Waals surface area contributed by atoms with Crippen LogP contribution in [0.3, 0.4) is 0 Å². The van der Waals surface area contributed by atoms with Gasteiger partial charge in [-0.25, -0.2) is 0 Å². The Kier molecular flexibility index (Phi) is 5.17. The fourth-order valence-electron chi connectivity index (χ4n) is 3.09. The normalized spacial score (nSPS) is 11.9. The van der Waals surface area contributed by atoms with Crippen LogP contribution in [0.15, 0.2) is 71.4 Å². The summed E-state index contributed by atoms with van der Waals surface area (Å²) in [5.41, 5.74) is 3.29. The van der Waals surface area contributed by atoms with Crippen molar-refractivity contribution >= 4 is 56.7 Å². The van der Waals surface area contributed by atoms with Crippen molar-refractivity contribution in [2.24, 2.45) is 0 Å². The molecular weight excluding hydrogens is 380 g/mol. The molecular formula is C24H14N2S2. The smallest absolute Gasteiger partial charge is 0.101 e. The highest BCUT2D eigenvalue weighted by Crippen LogP contribution is 2.30. The molecule has 2 nitrogen and oxygen atoms in total. The van der Waals surface area contributed by atoms with Crippen molar-refractivity contribution in [1.82, 2.24) is 0 Å². The molecule has 2 heterocycles. The Morgan fingerprint density at radius 2 is 1.11 bits per heavy atom. The molecule has 28 heavy (non-hydrogen) atoms. The molecule has 0 aliphatic carbocycles. The van der Waals surface area contributed by atoms with E-state index in [1.807, 2.05) is 71.4 Å². The summed E-state index contributed by atoms with van der Waals surface area (Å²) in [4.78, 5) is 1.92. The van der Waals surface area contributed by atoms with Crippen molar-refractivity contribution < 1.29 is 0 Å². The van der Waals surface area contributed by atoms with Gasteiger partial charge in [0, 0.05) is 9.75 Å². The molecule has 0 radical (unpaired) electrons. The van der Waals surface area contributed by atoms with Crippen LogP contribution in [0.5, 0.6) is 0 Å². The molecule has 0 bridgehead atoms. The number of benzene rings is 2. The molecule has 2 aromatic heterocycles. The number of fused-ring (bicyclic) bond motifs is 1. The topological polar surface area (TPSA) is 47.6 Å². The van der Waals surface area contributed by atoms with Gasteiger partial charge in [-0.2, -0.15) is 10.5 Å². The van der Waals surface area contributed by atoms with Gasteiger partial charge in [0.05, 0.1) is 11.1 Å². The van der Waals surface area contributed by atoms with Gasteiger partial charge in [-0.1, -0.05) is 48.5 Å². The van der Waals surface area contributed by atoms with Crippen molar-refractivity contribution in [3.63, 3.8) is 0 Å². The van der Waals surface area contributed by atoms with Gasteiger partial charge in [0.1, 0.15) is 12.1 Å². The highest BCUT2D eigenvalue weighted by molar-refractivity contribution is 7.11. The second-order valence-corrected chi connectivity index (χ2v) is 7.98. The van der Waals surface area contributed by atoms with Gasteiger partial charge in [0.25, 0.3) is 0 Å². The molecule has 0 atom stereocenters. The third-order valence-corrected chi connectivity index (χ3v) is 6.21. The molecule has 4 aromatic rings. The number of thiophene rings is 2. The lowest BCUT2D eigenvalue weighted by Crippen LogP contribution is -1.86. The van der Waals surface area contributed by atoms with Crippen molar-refractivity contribution in [3.8, 4) is 12.1 Å². The average molecular weight is 395 g/mol. The average Bonchev–Trinajstić information content (AvgIpc) is 3.45. The van der Waals surface area contributed by atoms with Crippen LogP contribution < -0.4 is 0 Å². The minimum Gasteiger partial charge on any atom is -0.192 e. The second-order valence-electron chi connectivity index (χ2n) is 6.08. The van der Waals surface area contributed by atoms with E-state index in [9.17, 15) is 10.5 Å². The molecule has 4 rings (SSSR count). The highest BCUT2D eigenvalue weighted by atomic mass is 32.1. The van der Waals surface area contributed by atoms with E-state index in [-0.39, 0.29) is 0 Å². The van der Waals surface area contributed by atoms with Crippen molar-refractivity contribution in [2.45, 2.75) is 0 Å². The van der Waals surface area contributed by atoms with E-state index in [4.69, 9.17) is 0 Å². The first-order valence-electron chi connectivity index (χ1n) is 8.63. The van der Waals surface area contributed by atoms with Crippen LogP contribution in [-0.4, -0.2) is 0 Å². The Balaban J connectivity index is 1.87. The minimum atomic E-state index is 0.653. The van der Waals surface area contributed by atoms with Crippen LogP contribution in [0.1, 0.15) is 20.9 Å². The van der Waals surface area contributed by atoms with E-state index in [1.54, 1.807) is 22.7 Å². The van der Waals surface area contributed by atoms with Gasteiger partial charge < -0.3 is 0 Å². The molecule has 0 saturated heterocycles. The molecule has 0 aliphatic heterocycles. The summed E-state index contributed by atoms with van der Waals surface area (Å²) >= 11 is 3.12. The van der Waals surface area contributed by atoms with Crippen molar-refractivity contribution in [2.75, 3.05) is 0 Å². The maximum atomic E-state index is 9.59. The molecule has 0 fully saturated rings. The lowest BCUT2D eigenvalue weighted by Gasteiger charge is -2.08. The van der Waals surface area contributed by atoms with E-state index in [0.717, 1.165) is 31.7 Å². The van der Waals surface area contributed by atoms with Gasteiger partial charge >= 0.3 is 0 Å². The number of rotatable bonds is 4. The molecule has 2 aromatic carbocycles. The summed E-state index contributed by atoms with van der Waals surface area (Å²) in [6.45, 7) is 0. The molecule has 0 saturated carbocycles. The monoisotopic (exact) mass is 394 g/mol. The largest absolute Gasteiger partial charge is 0.192 e. The van der Waals surface area contributed by atoms with Crippen LogP contribution in [0.4, 0.5) is 0 Å². The summed E-state index contributed by atoms with van der Waals surface area (Å²) in [6.07, 6.45) is 3.87. The standard InChI is InChI=1S/C24H14N2S2/c25-15-19(23-7-3-11-27-23)13-17-9-10-18(22-6-2-1-5-21(17)22)14-20(16-26)24-8-4-12-28-24/h1-14H/b19-13-,20-14-. The maximum Gasteiger partial charge on any atom is 0.101 e. The Labute approximate surface area is 171 Å². The van der Waals surface area contributed by atoms with Crippen LogP contribution in [0.25, 0.3) is 34.1 Å². The lowest BCUT2D eigenvalue weighted by molar-refractivity contribution is 1.54.